The molecule has 0 aliphatic carbocycles. The highest BCUT2D eigenvalue weighted by Gasteiger charge is 1.84. The van der Waals surface area contributed by atoms with E-state index < -0.39 is 0 Å². The first-order valence-corrected chi connectivity index (χ1v) is 2.43. The van der Waals surface area contributed by atoms with Crippen LogP contribution in [0.5, 0.6) is 0 Å². The molecule has 0 radical (unpaired) electrons. The summed E-state index contributed by atoms with van der Waals surface area (Å²) in [6.07, 6.45) is 0. The van der Waals surface area contributed by atoms with Crippen molar-refractivity contribution in [1.82, 2.24) is 0 Å². The van der Waals surface area contributed by atoms with Crippen molar-refractivity contribution < 1.29 is 0 Å². The molecule has 0 saturated heterocycles. The molecule has 0 N–H and O–H groups in total. The molecular weight excluding hydrogens is 106 g/mol. The van der Waals surface area contributed by atoms with Crippen molar-refractivity contribution in [3.05, 3.63) is 12.2 Å². The Bertz CT molecular complexity index is 105. The van der Waals surface area contributed by atoms with Gasteiger partial charge in [-0.05, 0) is 32.2 Å². The molecule has 0 aliphatic heterocycles. The Kier molecular flexibility index (Phi) is 2.76. The highest BCUT2D eigenvalue weighted by molar-refractivity contribution is 7.79. The first-order valence-electron chi connectivity index (χ1n) is 2.03. The lowest BCUT2D eigenvalue weighted by Crippen LogP contribution is -1.86. The van der Waals surface area contributed by atoms with Gasteiger partial charge < -0.3 is 0 Å². The highest BCUT2D eigenvalue weighted by atomic mass is 32.1. The third-order valence-electron chi connectivity index (χ3n) is 0.768. The summed E-state index contributed by atoms with van der Waals surface area (Å²) in [7, 11) is 0. The summed E-state index contributed by atoms with van der Waals surface area (Å²) in [5.41, 5.74) is 1.86. The predicted octanol–water partition coefficient (Wildman–Crippen LogP) is 1.87. The fourth-order valence-electron chi connectivity index (χ4n) is 0.0854. The monoisotopic (exact) mass is 115 g/mol. The smallest absolute Gasteiger partial charge is 0.0476 e. The lowest BCUT2D eigenvalue weighted by molar-refractivity contribution is 1.57. The molecular formula is C5H9NS. The molecule has 0 amide bonds. The molecule has 0 unspecified atom stereocenters. The van der Waals surface area contributed by atoms with Crippen LogP contribution in [0.15, 0.2) is 16.5 Å². The Balaban J connectivity index is 3.82. The number of allylic oxidation sites excluding steroid dienone is 1. The Labute approximate surface area is 49.7 Å². The first-order chi connectivity index (χ1) is 3.18. The van der Waals surface area contributed by atoms with Crippen molar-refractivity contribution in [1.29, 1.82) is 0 Å². The molecule has 7 heavy (non-hydrogen) atoms. The van der Waals surface area contributed by atoms with Gasteiger partial charge in [-0.3, -0.25) is 0 Å². The summed E-state index contributed by atoms with van der Waals surface area (Å²) in [6.45, 7) is 7.41. The van der Waals surface area contributed by atoms with E-state index in [0.717, 1.165) is 11.3 Å². The summed E-state index contributed by atoms with van der Waals surface area (Å²) in [5.74, 6) is 0. The number of rotatable bonds is 1. The zero-order valence-corrected chi connectivity index (χ0v) is 5.50. The molecule has 0 spiro atoms. The van der Waals surface area contributed by atoms with E-state index in [1.54, 1.807) is 0 Å². The summed E-state index contributed by atoms with van der Waals surface area (Å²) in [4.78, 5) is 0. The number of hydrogen-bond donors (Lipinski definition) is 1. The van der Waals surface area contributed by atoms with Crippen LogP contribution in [0.2, 0.25) is 0 Å². The van der Waals surface area contributed by atoms with E-state index in [1.165, 1.54) is 0 Å². The van der Waals surface area contributed by atoms with E-state index in [4.69, 9.17) is 0 Å². The minimum Gasteiger partial charge on any atom is -0.225 e. The minimum atomic E-state index is 0.892. The van der Waals surface area contributed by atoms with Crippen molar-refractivity contribution in [2.24, 2.45) is 4.40 Å². The molecule has 40 valence electrons. The van der Waals surface area contributed by atoms with Gasteiger partial charge in [0.25, 0.3) is 0 Å². The van der Waals surface area contributed by atoms with Gasteiger partial charge in [-0.15, -0.1) is 0 Å². The van der Waals surface area contributed by atoms with E-state index in [1.807, 2.05) is 13.8 Å². The van der Waals surface area contributed by atoms with Crippen LogP contribution in [-0.2, 0) is 0 Å². The third-order valence-corrected chi connectivity index (χ3v) is 1.07. The second-order valence-corrected chi connectivity index (χ2v) is 1.67. The number of hydrogen-bond acceptors (Lipinski definition) is 2. The summed E-state index contributed by atoms with van der Waals surface area (Å²) >= 11 is 3.68. The SMILES string of the molecule is C=C(C)/C(C)=N\S. The van der Waals surface area contributed by atoms with Crippen molar-refractivity contribution in [3.63, 3.8) is 0 Å². The molecule has 2 heteroatoms. The lowest BCUT2D eigenvalue weighted by atomic mass is 10.2. The summed E-state index contributed by atoms with van der Waals surface area (Å²) in [6, 6.07) is 0. The normalized spacial score (nSPS) is 11.6. The predicted molar refractivity (Wildman–Crippen MR) is 36.9 cm³/mol. The Hall–Kier alpha value is -0.240. The molecule has 0 rings (SSSR count). The van der Waals surface area contributed by atoms with Crippen LogP contribution in [-0.4, -0.2) is 5.71 Å². The molecule has 0 aromatic carbocycles. The van der Waals surface area contributed by atoms with E-state index in [9.17, 15) is 0 Å². The van der Waals surface area contributed by atoms with E-state index in [-0.39, 0.29) is 0 Å². The van der Waals surface area contributed by atoms with Crippen LogP contribution in [0.1, 0.15) is 13.8 Å². The van der Waals surface area contributed by atoms with Gasteiger partial charge in [-0.2, -0.15) is 0 Å². The number of nitrogens with zero attached hydrogens (tertiary/aromatic N) is 1. The maximum absolute atomic E-state index is 3.68. The second-order valence-electron chi connectivity index (χ2n) is 1.47. The highest BCUT2D eigenvalue weighted by Crippen LogP contribution is 1.92. The maximum atomic E-state index is 3.68. The van der Waals surface area contributed by atoms with Gasteiger partial charge in [-0.1, -0.05) is 6.58 Å². The molecule has 0 saturated carbocycles. The van der Waals surface area contributed by atoms with Gasteiger partial charge in [0.2, 0.25) is 0 Å². The van der Waals surface area contributed by atoms with Crippen molar-refractivity contribution in [2.75, 3.05) is 0 Å². The molecule has 0 fully saturated rings. The van der Waals surface area contributed by atoms with Crippen LogP contribution >= 0.6 is 12.8 Å². The van der Waals surface area contributed by atoms with Crippen molar-refractivity contribution in [2.45, 2.75) is 13.8 Å². The Morgan fingerprint density at radius 1 is 1.57 bits per heavy atom. The van der Waals surface area contributed by atoms with Gasteiger partial charge in [0.15, 0.2) is 0 Å². The maximum Gasteiger partial charge on any atom is 0.0476 e. The molecule has 0 aliphatic rings. The van der Waals surface area contributed by atoms with Crippen LogP contribution in [0, 0.1) is 0 Å². The quantitative estimate of drug-likeness (QED) is 0.395. The van der Waals surface area contributed by atoms with Gasteiger partial charge in [-0.25, -0.2) is 4.40 Å². The molecule has 0 aromatic rings. The largest absolute Gasteiger partial charge is 0.225 e. The number of thiol groups is 1. The van der Waals surface area contributed by atoms with E-state index >= 15 is 0 Å². The van der Waals surface area contributed by atoms with Crippen LogP contribution < -0.4 is 0 Å². The average Bonchev–Trinajstić information content (AvgIpc) is 1.65. The van der Waals surface area contributed by atoms with Crippen molar-refractivity contribution >= 4 is 18.5 Å². The molecule has 0 atom stereocenters. The fourth-order valence-corrected chi connectivity index (χ4v) is 0.256. The van der Waals surface area contributed by atoms with E-state index in [2.05, 4.69) is 23.8 Å². The first kappa shape index (κ1) is 6.76. The van der Waals surface area contributed by atoms with E-state index in [0.29, 0.717) is 0 Å². The molecule has 1 nitrogen and oxygen atoms in total. The fraction of sp³-hybridized carbons (Fsp3) is 0.400. The Morgan fingerprint density at radius 2 is 2.00 bits per heavy atom. The van der Waals surface area contributed by atoms with Gasteiger partial charge in [0.05, 0.1) is 0 Å². The van der Waals surface area contributed by atoms with Gasteiger partial charge in [0, 0.05) is 5.71 Å². The standard InChI is InChI=1S/C5H9NS/c1-4(2)5(3)6-7/h7H,1H2,2-3H3/b6-5-. The minimum absolute atomic E-state index is 0.892. The van der Waals surface area contributed by atoms with Crippen molar-refractivity contribution in [3.8, 4) is 0 Å². The molecule has 0 aromatic heterocycles. The van der Waals surface area contributed by atoms with Crippen LogP contribution in [0.3, 0.4) is 0 Å². The Morgan fingerprint density at radius 3 is 2.00 bits per heavy atom. The van der Waals surface area contributed by atoms with Crippen LogP contribution in [0.25, 0.3) is 0 Å². The zero-order valence-electron chi connectivity index (χ0n) is 4.60. The topological polar surface area (TPSA) is 12.4 Å². The summed E-state index contributed by atoms with van der Waals surface area (Å²) < 4.78 is 3.60. The molecule has 0 heterocycles. The lowest BCUT2D eigenvalue weighted by Gasteiger charge is -1.89. The summed E-state index contributed by atoms with van der Waals surface area (Å²) in [5, 5.41) is 0. The molecule has 0 bridgehead atoms. The third kappa shape index (κ3) is 2.45. The second kappa shape index (κ2) is 2.86. The van der Waals surface area contributed by atoms with Crippen LogP contribution in [0.4, 0.5) is 0 Å². The van der Waals surface area contributed by atoms with Gasteiger partial charge in [0.1, 0.15) is 0 Å². The van der Waals surface area contributed by atoms with Gasteiger partial charge >= 0.3 is 0 Å². The zero-order chi connectivity index (χ0) is 5.86. The average molecular weight is 115 g/mol.